The van der Waals surface area contributed by atoms with Crippen LogP contribution < -0.4 is 5.73 Å². The molecule has 23 heavy (non-hydrogen) atoms. The molecule has 6 heteroatoms. The summed E-state index contributed by atoms with van der Waals surface area (Å²) in [6.07, 6.45) is 5.15. The van der Waals surface area contributed by atoms with Crippen LogP contribution in [0.3, 0.4) is 0 Å². The molecule has 3 rings (SSSR count). The number of unbranched alkanes of at least 4 members (excludes halogenated alkanes) is 2. The molecule has 6 nitrogen and oxygen atoms in total. The number of hydrogen-bond acceptors (Lipinski definition) is 4. The molecule has 124 valence electrons. The largest absolute Gasteiger partial charge is 0.397 e. The third-order valence-corrected chi connectivity index (χ3v) is 4.30. The van der Waals surface area contributed by atoms with Crippen molar-refractivity contribution in [2.45, 2.75) is 53.1 Å². The summed E-state index contributed by atoms with van der Waals surface area (Å²) in [5, 5.41) is 5.20. The SMILES string of the molecule is CCCCCn1ncc2c(N)c3c(nc21)CN(CC(C)C)C3=O. The van der Waals surface area contributed by atoms with Gasteiger partial charge >= 0.3 is 0 Å². The zero-order valence-corrected chi connectivity index (χ0v) is 14.2. The average molecular weight is 315 g/mol. The van der Waals surface area contributed by atoms with Gasteiger partial charge < -0.3 is 10.6 Å². The summed E-state index contributed by atoms with van der Waals surface area (Å²) < 4.78 is 1.91. The van der Waals surface area contributed by atoms with E-state index in [-0.39, 0.29) is 5.91 Å². The molecule has 1 amide bonds. The van der Waals surface area contributed by atoms with Gasteiger partial charge in [0.15, 0.2) is 5.65 Å². The minimum Gasteiger partial charge on any atom is -0.397 e. The Kier molecular flexibility index (Phi) is 4.24. The molecule has 0 aliphatic carbocycles. The smallest absolute Gasteiger partial charge is 0.258 e. The van der Waals surface area contributed by atoms with E-state index in [4.69, 9.17) is 10.7 Å². The Labute approximate surface area is 136 Å². The highest BCUT2D eigenvalue weighted by atomic mass is 16.2. The maximum absolute atomic E-state index is 12.6. The van der Waals surface area contributed by atoms with E-state index >= 15 is 0 Å². The molecule has 3 heterocycles. The molecule has 0 unspecified atom stereocenters. The van der Waals surface area contributed by atoms with Crippen molar-refractivity contribution in [2.75, 3.05) is 12.3 Å². The van der Waals surface area contributed by atoms with E-state index in [9.17, 15) is 4.79 Å². The Bertz CT molecular complexity index is 734. The topological polar surface area (TPSA) is 77.0 Å². The van der Waals surface area contributed by atoms with Gasteiger partial charge in [-0.25, -0.2) is 9.67 Å². The molecule has 2 aromatic rings. The number of aryl methyl sites for hydroxylation is 1. The summed E-state index contributed by atoms with van der Waals surface area (Å²) in [6.45, 7) is 8.51. The number of hydrogen-bond donors (Lipinski definition) is 1. The van der Waals surface area contributed by atoms with Gasteiger partial charge in [-0.1, -0.05) is 33.6 Å². The van der Waals surface area contributed by atoms with Gasteiger partial charge in [-0.2, -0.15) is 5.10 Å². The van der Waals surface area contributed by atoms with Gasteiger partial charge in [0.1, 0.15) is 0 Å². The summed E-state index contributed by atoms with van der Waals surface area (Å²) in [7, 11) is 0. The van der Waals surface area contributed by atoms with Crippen LogP contribution >= 0.6 is 0 Å². The highest BCUT2D eigenvalue weighted by Crippen LogP contribution is 2.32. The van der Waals surface area contributed by atoms with Gasteiger partial charge in [0.05, 0.1) is 35.1 Å². The Morgan fingerprint density at radius 1 is 1.35 bits per heavy atom. The zero-order chi connectivity index (χ0) is 16.6. The number of nitrogens with zero attached hydrogens (tertiary/aromatic N) is 4. The van der Waals surface area contributed by atoms with E-state index in [1.165, 1.54) is 12.8 Å². The van der Waals surface area contributed by atoms with Gasteiger partial charge in [-0.05, 0) is 12.3 Å². The molecule has 0 radical (unpaired) electrons. The number of nitrogen functional groups attached to an aromatic ring is 1. The van der Waals surface area contributed by atoms with Crippen molar-refractivity contribution in [3.8, 4) is 0 Å². The van der Waals surface area contributed by atoms with Crippen molar-refractivity contribution in [1.29, 1.82) is 0 Å². The summed E-state index contributed by atoms with van der Waals surface area (Å²) >= 11 is 0. The molecule has 0 saturated heterocycles. The number of aromatic nitrogens is 3. The lowest BCUT2D eigenvalue weighted by Crippen LogP contribution is -2.28. The fraction of sp³-hybridized carbons (Fsp3) is 0.588. The molecule has 0 fully saturated rings. The fourth-order valence-electron chi connectivity index (χ4n) is 3.19. The first-order valence-corrected chi connectivity index (χ1v) is 8.46. The van der Waals surface area contributed by atoms with Crippen molar-refractivity contribution < 1.29 is 4.79 Å². The van der Waals surface area contributed by atoms with Crippen molar-refractivity contribution in [1.82, 2.24) is 19.7 Å². The van der Waals surface area contributed by atoms with Crippen molar-refractivity contribution in [3.05, 3.63) is 17.5 Å². The lowest BCUT2D eigenvalue weighted by Gasteiger charge is -2.17. The summed E-state index contributed by atoms with van der Waals surface area (Å²) in [5.41, 5.74) is 8.98. The molecule has 1 aliphatic rings. The highest BCUT2D eigenvalue weighted by molar-refractivity contribution is 6.08. The lowest BCUT2D eigenvalue weighted by atomic mass is 10.1. The number of rotatable bonds is 6. The molecular formula is C17H25N5O. The lowest BCUT2D eigenvalue weighted by molar-refractivity contribution is 0.0760. The molecule has 2 N–H and O–H groups in total. The van der Waals surface area contributed by atoms with E-state index in [1.54, 1.807) is 6.20 Å². The van der Waals surface area contributed by atoms with Crippen LogP contribution in [0.2, 0.25) is 0 Å². The highest BCUT2D eigenvalue weighted by Gasteiger charge is 2.32. The van der Waals surface area contributed by atoms with E-state index in [1.807, 2.05) is 9.58 Å². The summed E-state index contributed by atoms with van der Waals surface area (Å²) in [5.74, 6) is 0.424. The van der Waals surface area contributed by atoms with Crippen LogP contribution in [0.1, 0.15) is 56.1 Å². The molecule has 2 aromatic heterocycles. The van der Waals surface area contributed by atoms with Crippen LogP contribution in [-0.2, 0) is 13.1 Å². The van der Waals surface area contributed by atoms with Crippen LogP contribution in [0.5, 0.6) is 0 Å². The zero-order valence-electron chi connectivity index (χ0n) is 14.2. The Morgan fingerprint density at radius 3 is 2.83 bits per heavy atom. The minimum absolute atomic E-state index is 0.000618. The Morgan fingerprint density at radius 2 is 2.13 bits per heavy atom. The number of carbonyl (C=O) groups is 1. The minimum atomic E-state index is -0.000618. The molecule has 0 bridgehead atoms. The van der Waals surface area contributed by atoms with Gasteiger partial charge in [-0.15, -0.1) is 0 Å². The van der Waals surface area contributed by atoms with Gasteiger partial charge in [0, 0.05) is 13.1 Å². The van der Waals surface area contributed by atoms with E-state index in [0.717, 1.165) is 36.2 Å². The van der Waals surface area contributed by atoms with Crippen LogP contribution in [0, 0.1) is 5.92 Å². The molecule has 0 atom stereocenters. The number of anilines is 1. The number of nitrogens with two attached hydrogens (primary N) is 1. The molecule has 0 aromatic carbocycles. The first-order chi connectivity index (χ1) is 11.0. The van der Waals surface area contributed by atoms with Crippen LogP contribution in [-0.4, -0.2) is 32.1 Å². The van der Waals surface area contributed by atoms with Crippen LogP contribution in [0.25, 0.3) is 11.0 Å². The number of carbonyl (C=O) groups excluding carboxylic acids is 1. The average Bonchev–Trinajstić information content (AvgIpc) is 3.02. The first kappa shape index (κ1) is 15.8. The second-order valence-electron chi connectivity index (χ2n) is 6.74. The maximum Gasteiger partial charge on any atom is 0.258 e. The standard InChI is InChI=1S/C17H25N5O/c1-4-5-6-7-22-16-12(8-19-22)15(18)14-13(20-16)10-21(17(14)23)9-11(2)3/h8,11H,4-7,9-10H2,1-3H3,(H2,18,20). The first-order valence-electron chi connectivity index (χ1n) is 8.46. The van der Waals surface area contributed by atoms with E-state index < -0.39 is 0 Å². The number of pyridine rings is 1. The quantitative estimate of drug-likeness (QED) is 0.832. The Balaban J connectivity index is 1.96. The maximum atomic E-state index is 12.6. The van der Waals surface area contributed by atoms with E-state index in [0.29, 0.717) is 23.7 Å². The fourth-order valence-corrected chi connectivity index (χ4v) is 3.19. The number of amides is 1. The van der Waals surface area contributed by atoms with E-state index in [2.05, 4.69) is 25.9 Å². The van der Waals surface area contributed by atoms with Crippen LogP contribution in [0.15, 0.2) is 6.20 Å². The normalized spacial score (nSPS) is 14.3. The third kappa shape index (κ3) is 2.78. The second kappa shape index (κ2) is 6.18. The molecular weight excluding hydrogens is 290 g/mol. The molecule has 1 aliphatic heterocycles. The second-order valence-corrected chi connectivity index (χ2v) is 6.74. The van der Waals surface area contributed by atoms with Crippen molar-refractivity contribution in [2.24, 2.45) is 5.92 Å². The molecule has 0 spiro atoms. The number of fused-ring (bicyclic) bond motifs is 2. The predicted octanol–water partition coefficient (Wildman–Crippen LogP) is 2.82. The summed E-state index contributed by atoms with van der Waals surface area (Å²) in [4.78, 5) is 19.2. The van der Waals surface area contributed by atoms with Gasteiger partial charge in [0.25, 0.3) is 5.91 Å². The third-order valence-electron chi connectivity index (χ3n) is 4.30. The predicted molar refractivity (Wildman–Crippen MR) is 91.0 cm³/mol. The van der Waals surface area contributed by atoms with Crippen molar-refractivity contribution >= 4 is 22.6 Å². The summed E-state index contributed by atoms with van der Waals surface area (Å²) in [6, 6.07) is 0. The van der Waals surface area contributed by atoms with Crippen LogP contribution in [0.4, 0.5) is 5.69 Å². The van der Waals surface area contributed by atoms with Gasteiger partial charge in [-0.3, -0.25) is 4.79 Å². The van der Waals surface area contributed by atoms with Crippen molar-refractivity contribution in [3.63, 3.8) is 0 Å². The Hall–Kier alpha value is -2.11. The molecule has 0 saturated carbocycles. The monoisotopic (exact) mass is 315 g/mol. The van der Waals surface area contributed by atoms with Gasteiger partial charge in [0.2, 0.25) is 0 Å².